The van der Waals surface area contributed by atoms with Crippen LogP contribution >= 0.6 is 11.8 Å². The number of alkyl halides is 3. The van der Waals surface area contributed by atoms with Crippen LogP contribution in [0.15, 0.2) is 0 Å². The zero-order chi connectivity index (χ0) is 14.9. The summed E-state index contributed by atoms with van der Waals surface area (Å²) < 4.78 is 37.0. The predicted octanol–water partition coefficient (Wildman–Crippen LogP) is 3.63. The molecule has 0 aromatic rings. The highest BCUT2D eigenvalue weighted by molar-refractivity contribution is 8.00. The van der Waals surface area contributed by atoms with Crippen LogP contribution in [0.4, 0.5) is 13.2 Å². The highest BCUT2D eigenvalue weighted by Gasteiger charge is 2.46. The van der Waals surface area contributed by atoms with Crippen LogP contribution in [0.25, 0.3) is 0 Å². The SMILES string of the molecule is CCC1(C)CN(CCSC(F)(F)F)C2(CCCC2)CN1. The summed E-state index contributed by atoms with van der Waals surface area (Å²) in [6.07, 6.45) is 5.65. The molecule has 0 amide bonds. The van der Waals surface area contributed by atoms with E-state index >= 15 is 0 Å². The van der Waals surface area contributed by atoms with Gasteiger partial charge in [-0.1, -0.05) is 19.8 Å². The lowest BCUT2D eigenvalue weighted by molar-refractivity contribution is -0.0334. The molecule has 2 rings (SSSR count). The van der Waals surface area contributed by atoms with Gasteiger partial charge in [0.1, 0.15) is 0 Å². The van der Waals surface area contributed by atoms with Gasteiger partial charge >= 0.3 is 5.51 Å². The quantitative estimate of drug-likeness (QED) is 0.854. The maximum Gasteiger partial charge on any atom is 0.441 e. The van der Waals surface area contributed by atoms with Crippen LogP contribution in [0.5, 0.6) is 0 Å². The summed E-state index contributed by atoms with van der Waals surface area (Å²) in [7, 11) is 0. The molecule has 1 unspecified atom stereocenters. The number of hydrogen-bond donors (Lipinski definition) is 1. The van der Waals surface area contributed by atoms with E-state index in [1.165, 1.54) is 12.8 Å². The zero-order valence-electron chi connectivity index (χ0n) is 12.4. The minimum absolute atomic E-state index is 0.0384. The van der Waals surface area contributed by atoms with Crippen molar-refractivity contribution in [2.24, 2.45) is 0 Å². The molecule has 6 heteroatoms. The summed E-state index contributed by atoms with van der Waals surface area (Å²) in [6.45, 7) is 6.65. The third-order valence-corrected chi connectivity index (χ3v) is 5.71. The first-order valence-electron chi connectivity index (χ1n) is 7.49. The van der Waals surface area contributed by atoms with Crippen LogP contribution in [0, 0.1) is 0 Å². The molecule has 118 valence electrons. The minimum atomic E-state index is -4.11. The first kappa shape index (κ1) is 16.4. The van der Waals surface area contributed by atoms with Crippen molar-refractivity contribution in [3.8, 4) is 0 Å². The normalized spacial score (nSPS) is 31.1. The molecule has 0 aromatic heterocycles. The van der Waals surface area contributed by atoms with E-state index in [-0.39, 0.29) is 28.6 Å². The number of thioether (sulfide) groups is 1. The number of piperazine rings is 1. The summed E-state index contributed by atoms with van der Waals surface area (Å²) in [5.41, 5.74) is -3.96. The molecule has 1 spiro atoms. The molecule has 1 aliphatic heterocycles. The molecule has 2 aliphatic rings. The molecule has 1 atom stereocenters. The molecule has 2 fully saturated rings. The van der Waals surface area contributed by atoms with Crippen LogP contribution in [-0.2, 0) is 0 Å². The molecule has 1 aliphatic carbocycles. The average molecular weight is 310 g/mol. The number of hydrogen-bond acceptors (Lipinski definition) is 3. The predicted molar refractivity (Wildman–Crippen MR) is 78.0 cm³/mol. The minimum Gasteiger partial charge on any atom is -0.308 e. The fourth-order valence-corrected chi connectivity index (χ4v) is 4.03. The molecule has 0 radical (unpaired) electrons. The van der Waals surface area contributed by atoms with Gasteiger partial charge in [0.25, 0.3) is 0 Å². The van der Waals surface area contributed by atoms with Crippen molar-refractivity contribution in [2.75, 3.05) is 25.4 Å². The molecule has 1 N–H and O–H groups in total. The van der Waals surface area contributed by atoms with Crippen molar-refractivity contribution in [2.45, 2.75) is 62.5 Å². The Morgan fingerprint density at radius 2 is 1.90 bits per heavy atom. The lowest BCUT2D eigenvalue weighted by atomic mass is 9.85. The molecular formula is C14H25F3N2S. The fourth-order valence-electron chi connectivity index (χ4n) is 3.49. The molecular weight excluding hydrogens is 285 g/mol. The van der Waals surface area contributed by atoms with Gasteiger partial charge in [0.15, 0.2) is 0 Å². The summed E-state index contributed by atoms with van der Waals surface area (Å²) >= 11 is 0.115. The number of nitrogens with zero attached hydrogens (tertiary/aromatic N) is 1. The van der Waals surface area contributed by atoms with Gasteiger partial charge in [0.2, 0.25) is 0 Å². The van der Waals surface area contributed by atoms with E-state index in [2.05, 4.69) is 24.1 Å². The second kappa shape index (κ2) is 6.05. The highest BCUT2D eigenvalue weighted by atomic mass is 32.2. The van der Waals surface area contributed by atoms with E-state index in [4.69, 9.17) is 0 Å². The number of rotatable bonds is 4. The maximum absolute atomic E-state index is 12.3. The van der Waals surface area contributed by atoms with Crippen molar-refractivity contribution < 1.29 is 13.2 Å². The van der Waals surface area contributed by atoms with Gasteiger partial charge in [-0.3, -0.25) is 4.90 Å². The smallest absolute Gasteiger partial charge is 0.308 e. The average Bonchev–Trinajstić information content (AvgIpc) is 2.83. The third-order valence-electron chi connectivity index (χ3n) is 5.00. The Hall–Kier alpha value is 0.0600. The van der Waals surface area contributed by atoms with Gasteiger partial charge < -0.3 is 5.32 Å². The first-order chi connectivity index (χ1) is 9.29. The van der Waals surface area contributed by atoms with E-state index < -0.39 is 5.51 Å². The summed E-state index contributed by atoms with van der Waals surface area (Å²) in [4.78, 5) is 2.35. The van der Waals surface area contributed by atoms with Crippen molar-refractivity contribution in [1.82, 2.24) is 10.2 Å². The topological polar surface area (TPSA) is 15.3 Å². The van der Waals surface area contributed by atoms with Gasteiger partial charge in [-0.2, -0.15) is 13.2 Å². The van der Waals surface area contributed by atoms with Gasteiger partial charge in [-0.05, 0) is 37.9 Å². The van der Waals surface area contributed by atoms with Crippen LogP contribution in [0.1, 0.15) is 46.0 Å². The fraction of sp³-hybridized carbons (Fsp3) is 1.00. The van der Waals surface area contributed by atoms with Crippen molar-refractivity contribution in [3.05, 3.63) is 0 Å². The first-order valence-corrected chi connectivity index (χ1v) is 8.48. The Morgan fingerprint density at radius 3 is 2.45 bits per heavy atom. The van der Waals surface area contributed by atoms with Gasteiger partial charge in [0, 0.05) is 36.5 Å². The second-order valence-corrected chi connectivity index (χ2v) is 7.57. The summed E-state index contributed by atoms with van der Waals surface area (Å²) in [5.74, 6) is 0.144. The molecule has 0 bridgehead atoms. The standard InChI is InChI=1S/C14H25F3N2S/c1-3-12(2)11-19(8-9-20-14(15,16)17)13(10-18-12)6-4-5-7-13/h18H,3-11H2,1-2H3. The van der Waals surface area contributed by atoms with Gasteiger partial charge in [-0.15, -0.1) is 0 Å². The lowest BCUT2D eigenvalue weighted by Crippen LogP contribution is -2.68. The Morgan fingerprint density at radius 1 is 1.25 bits per heavy atom. The second-order valence-electron chi connectivity index (χ2n) is 6.41. The largest absolute Gasteiger partial charge is 0.441 e. The molecule has 20 heavy (non-hydrogen) atoms. The maximum atomic E-state index is 12.3. The van der Waals surface area contributed by atoms with Gasteiger partial charge in [0.05, 0.1) is 0 Å². The van der Waals surface area contributed by atoms with Crippen LogP contribution < -0.4 is 5.32 Å². The van der Waals surface area contributed by atoms with Crippen molar-refractivity contribution >= 4 is 11.8 Å². The third kappa shape index (κ3) is 3.83. The van der Waals surface area contributed by atoms with Gasteiger partial charge in [-0.25, -0.2) is 0 Å². The Balaban J connectivity index is 1.99. The number of halogens is 3. The molecule has 1 saturated heterocycles. The monoisotopic (exact) mass is 310 g/mol. The Labute approximate surface area is 123 Å². The zero-order valence-corrected chi connectivity index (χ0v) is 13.2. The van der Waals surface area contributed by atoms with E-state index in [0.717, 1.165) is 32.4 Å². The molecule has 1 saturated carbocycles. The van der Waals surface area contributed by atoms with E-state index in [0.29, 0.717) is 6.54 Å². The van der Waals surface area contributed by atoms with Crippen LogP contribution in [0.3, 0.4) is 0 Å². The Bertz CT molecular complexity index is 329. The van der Waals surface area contributed by atoms with Crippen molar-refractivity contribution in [1.29, 1.82) is 0 Å². The van der Waals surface area contributed by atoms with E-state index in [1.54, 1.807) is 0 Å². The molecule has 0 aromatic carbocycles. The molecule has 1 heterocycles. The van der Waals surface area contributed by atoms with E-state index in [1.807, 2.05) is 0 Å². The lowest BCUT2D eigenvalue weighted by Gasteiger charge is -2.52. The summed E-state index contributed by atoms with van der Waals surface area (Å²) in [5, 5.41) is 3.64. The van der Waals surface area contributed by atoms with E-state index in [9.17, 15) is 13.2 Å². The number of nitrogens with one attached hydrogen (secondary N) is 1. The van der Waals surface area contributed by atoms with Crippen LogP contribution in [-0.4, -0.2) is 46.9 Å². The summed E-state index contributed by atoms with van der Waals surface area (Å²) in [6, 6.07) is 0. The van der Waals surface area contributed by atoms with Crippen molar-refractivity contribution in [3.63, 3.8) is 0 Å². The van der Waals surface area contributed by atoms with Crippen LogP contribution in [0.2, 0.25) is 0 Å². The Kier molecular flexibility index (Phi) is 4.97. The molecule has 2 nitrogen and oxygen atoms in total. The highest BCUT2D eigenvalue weighted by Crippen LogP contribution is 2.39.